The highest BCUT2D eigenvalue weighted by molar-refractivity contribution is 5.91. The van der Waals surface area contributed by atoms with E-state index in [2.05, 4.69) is 0 Å². The van der Waals surface area contributed by atoms with E-state index in [1.165, 1.54) is 6.26 Å². The highest BCUT2D eigenvalue weighted by atomic mass is 16.5. The van der Waals surface area contributed by atoms with Crippen molar-refractivity contribution in [1.29, 1.82) is 0 Å². The number of amides is 2. The molecule has 0 spiro atoms. The van der Waals surface area contributed by atoms with Gasteiger partial charge in [0.05, 0.1) is 6.26 Å². The molecule has 126 valence electrons. The van der Waals surface area contributed by atoms with Crippen LogP contribution in [0.2, 0.25) is 0 Å². The second kappa shape index (κ2) is 7.68. The van der Waals surface area contributed by atoms with Gasteiger partial charge in [0, 0.05) is 26.2 Å². The van der Waals surface area contributed by atoms with E-state index >= 15 is 0 Å². The van der Waals surface area contributed by atoms with E-state index in [1.54, 1.807) is 21.9 Å². The number of ether oxygens (including phenoxy) is 1. The first-order valence-corrected chi connectivity index (χ1v) is 8.02. The van der Waals surface area contributed by atoms with Crippen LogP contribution in [0, 0.1) is 0 Å². The van der Waals surface area contributed by atoms with Gasteiger partial charge in [-0.1, -0.05) is 18.2 Å². The molecular formula is C18H20N2O4. The Morgan fingerprint density at radius 1 is 0.958 bits per heavy atom. The third-order valence-corrected chi connectivity index (χ3v) is 3.97. The molecule has 1 aliphatic rings. The summed E-state index contributed by atoms with van der Waals surface area (Å²) in [5, 5.41) is 0. The first-order valence-electron chi connectivity index (χ1n) is 8.02. The van der Waals surface area contributed by atoms with Gasteiger partial charge >= 0.3 is 0 Å². The molecule has 0 bridgehead atoms. The molecule has 0 saturated carbocycles. The zero-order chi connectivity index (χ0) is 16.8. The molecule has 2 aromatic rings. The Kier molecular flexibility index (Phi) is 5.15. The fraction of sp³-hybridized carbons (Fsp3) is 0.333. The summed E-state index contributed by atoms with van der Waals surface area (Å²) in [6, 6.07) is 12.6. The summed E-state index contributed by atoms with van der Waals surface area (Å²) in [6.45, 7) is 2.25. The summed E-state index contributed by atoms with van der Waals surface area (Å²) >= 11 is 0. The fourth-order valence-electron chi connectivity index (χ4n) is 2.68. The van der Waals surface area contributed by atoms with Crippen molar-refractivity contribution >= 4 is 11.8 Å². The molecule has 1 saturated heterocycles. The molecule has 0 unspecified atom stereocenters. The third-order valence-electron chi connectivity index (χ3n) is 3.97. The lowest BCUT2D eigenvalue weighted by molar-refractivity contribution is -0.133. The summed E-state index contributed by atoms with van der Waals surface area (Å²) in [5.41, 5.74) is 0. The number of furan rings is 1. The second-order valence-electron chi connectivity index (χ2n) is 5.61. The standard InChI is InChI=1S/C18H20N2O4/c21-17(14-24-15-6-2-1-3-7-15)19-9-5-10-20(12-11-19)18(22)16-8-4-13-23-16/h1-4,6-8,13H,5,9-12,14H2. The van der Waals surface area contributed by atoms with Crippen molar-refractivity contribution in [3.05, 3.63) is 54.5 Å². The monoisotopic (exact) mass is 328 g/mol. The largest absolute Gasteiger partial charge is 0.484 e. The highest BCUT2D eigenvalue weighted by Crippen LogP contribution is 2.11. The molecule has 2 amide bonds. The van der Waals surface area contributed by atoms with Crippen LogP contribution in [0.5, 0.6) is 5.75 Å². The Bertz CT molecular complexity index is 670. The lowest BCUT2D eigenvalue weighted by atomic mass is 10.3. The first kappa shape index (κ1) is 16.1. The van der Waals surface area contributed by atoms with Crippen LogP contribution in [0.1, 0.15) is 17.0 Å². The summed E-state index contributed by atoms with van der Waals surface area (Å²) in [4.78, 5) is 28.1. The Balaban J connectivity index is 1.51. The van der Waals surface area contributed by atoms with Gasteiger partial charge in [0.15, 0.2) is 12.4 Å². The molecule has 24 heavy (non-hydrogen) atoms. The van der Waals surface area contributed by atoms with Gasteiger partial charge in [0.1, 0.15) is 5.75 Å². The van der Waals surface area contributed by atoms with Gasteiger partial charge in [0.2, 0.25) is 0 Å². The SMILES string of the molecule is O=C(COc1ccccc1)N1CCCN(C(=O)c2ccco2)CC1. The number of para-hydroxylation sites is 1. The van der Waals surface area contributed by atoms with Gasteiger partial charge in [-0.2, -0.15) is 0 Å². The normalized spacial score (nSPS) is 15.0. The van der Waals surface area contributed by atoms with E-state index in [0.29, 0.717) is 37.7 Å². The average molecular weight is 328 g/mol. The molecule has 1 aliphatic heterocycles. The van der Waals surface area contributed by atoms with E-state index in [-0.39, 0.29) is 18.4 Å². The van der Waals surface area contributed by atoms with Crippen LogP contribution in [-0.2, 0) is 4.79 Å². The summed E-state index contributed by atoms with van der Waals surface area (Å²) in [7, 11) is 0. The smallest absolute Gasteiger partial charge is 0.289 e. The Morgan fingerprint density at radius 2 is 1.71 bits per heavy atom. The minimum atomic E-state index is -0.130. The summed E-state index contributed by atoms with van der Waals surface area (Å²) in [5.74, 6) is 0.818. The number of rotatable bonds is 4. The van der Waals surface area contributed by atoms with Crippen molar-refractivity contribution in [1.82, 2.24) is 9.80 Å². The van der Waals surface area contributed by atoms with Crippen molar-refractivity contribution in [2.75, 3.05) is 32.8 Å². The first-order chi connectivity index (χ1) is 11.7. The maximum atomic E-state index is 12.3. The predicted molar refractivity (Wildman–Crippen MR) is 87.7 cm³/mol. The molecule has 1 fully saturated rings. The third kappa shape index (κ3) is 3.95. The van der Waals surface area contributed by atoms with Crippen LogP contribution in [0.4, 0.5) is 0 Å². The molecule has 2 heterocycles. The van der Waals surface area contributed by atoms with E-state index in [0.717, 1.165) is 6.42 Å². The molecular weight excluding hydrogens is 308 g/mol. The van der Waals surface area contributed by atoms with Crippen LogP contribution in [0.15, 0.2) is 53.1 Å². The number of nitrogens with zero attached hydrogens (tertiary/aromatic N) is 2. The minimum Gasteiger partial charge on any atom is -0.484 e. The maximum absolute atomic E-state index is 12.3. The number of hydrogen-bond acceptors (Lipinski definition) is 4. The number of benzene rings is 1. The molecule has 3 rings (SSSR count). The van der Waals surface area contributed by atoms with E-state index < -0.39 is 0 Å². The number of carbonyl (C=O) groups excluding carboxylic acids is 2. The predicted octanol–water partition coefficient (Wildman–Crippen LogP) is 2.03. The maximum Gasteiger partial charge on any atom is 0.289 e. The number of carbonyl (C=O) groups is 2. The van der Waals surface area contributed by atoms with Gasteiger partial charge in [-0.05, 0) is 30.7 Å². The minimum absolute atomic E-state index is 0.0101. The molecule has 6 nitrogen and oxygen atoms in total. The summed E-state index contributed by atoms with van der Waals surface area (Å²) in [6.07, 6.45) is 2.23. The van der Waals surface area contributed by atoms with Gasteiger partial charge in [-0.25, -0.2) is 0 Å². The van der Waals surface area contributed by atoms with Crippen molar-refractivity contribution in [3.8, 4) is 5.75 Å². The zero-order valence-electron chi connectivity index (χ0n) is 13.4. The van der Waals surface area contributed by atoms with Crippen LogP contribution in [-0.4, -0.2) is 54.4 Å². The molecule has 0 atom stereocenters. The summed E-state index contributed by atoms with van der Waals surface area (Å²) < 4.78 is 10.7. The lowest BCUT2D eigenvalue weighted by Gasteiger charge is -2.21. The van der Waals surface area contributed by atoms with E-state index in [4.69, 9.17) is 9.15 Å². The average Bonchev–Trinajstić information content (AvgIpc) is 3.04. The topological polar surface area (TPSA) is 63.0 Å². The Labute approximate surface area is 140 Å². The lowest BCUT2D eigenvalue weighted by Crippen LogP contribution is -2.39. The highest BCUT2D eigenvalue weighted by Gasteiger charge is 2.24. The van der Waals surface area contributed by atoms with Crippen molar-refractivity contribution < 1.29 is 18.7 Å². The molecule has 6 heteroatoms. The van der Waals surface area contributed by atoms with Crippen molar-refractivity contribution in [2.24, 2.45) is 0 Å². The zero-order valence-corrected chi connectivity index (χ0v) is 13.4. The Morgan fingerprint density at radius 3 is 2.46 bits per heavy atom. The molecule has 0 radical (unpaired) electrons. The molecule has 1 aromatic heterocycles. The quantitative estimate of drug-likeness (QED) is 0.861. The van der Waals surface area contributed by atoms with Crippen LogP contribution in [0.25, 0.3) is 0 Å². The van der Waals surface area contributed by atoms with E-state index in [9.17, 15) is 9.59 Å². The molecule has 0 aliphatic carbocycles. The number of hydrogen-bond donors (Lipinski definition) is 0. The van der Waals surface area contributed by atoms with Crippen molar-refractivity contribution in [3.63, 3.8) is 0 Å². The van der Waals surface area contributed by atoms with E-state index in [1.807, 2.05) is 30.3 Å². The van der Waals surface area contributed by atoms with Gasteiger partial charge in [-0.3, -0.25) is 9.59 Å². The van der Waals surface area contributed by atoms with Crippen LogP contribution in [0.3, 0.4) is 0 Å². The van der Waals surface area contributed by atoms with Gasteiger partial charge < -0.3 is 19.0 Å². The second-order valence-corrected chi connectivity index (χ2v) is 5.61. The van der Waals surface area contributed by atoms with Gasteiger partial charge in [-0.15, -0.1) is 0 Å². The van der Waals surface area contributed by atoms with Crippen LogP contribution < -0.4 is 4.74 Å². The molecule has 0 N–H and O–H groups in total. The Hall–Kier alpha value is -2.76. The van der Waals surface area contributed by atoms with Gasteiger partial charge in [0.25, 0.3) is 11.8 Å². The fourth-order valence-corrected chi connectivity index (χ4v) is 2.68. The molecule has 1 aromatic carbocycles. The van der Waals surface area contributed by atoms with Crippen molar-refractivity contribution in [2.45, 2.75) is 6.42 Å². The van der Waals surface area contributed by atoms with Crippen LogP contribution >= 0.6 is 0 Å².